The first-order valence-electron chi connectivity index (χ1n) is 18.8. The summed E-state index contributed by atoms with van der Waals surface area (Å²) in [5, 5.41) is 0. The van der Waals surface area contributed by atoms with Gasteiger partial charge in [-0.05, 0) is 64.7 Å². The molecule has 7 aromatic rings. The summed E-state index contributed by atoms with van der Waals surface area (Å²) in [5.74, 6) is -20.3. The van der Waals surface area contributed by atoms with Crippen molar-refractivity contribution in [3.63, 3.8) is 0 Å². The minimum atomic E-state index is -7.16. The predicted molar refractivity (Wildman–Crippen MR) is 220 cm³/mol. The molecule has 0 saturated heterocycles. The molecule has 5 heterocycles. The van der Waals surface area contributed by atoms with Gasteiger partial charge in [0.2, 0.25) is 0 Å². The first-order valence-corrected chi connectivity index (χ1v) is 18.8. The fraction of sp³-hybridized carbons (Fsp3) is 0.0833. The third-order valence-electron chi connectivity index (χ3n) is 10.6. The van der Waals surface area contributed by atoms with Crippen LogP contribution in [0.4, 0.5) is 39.5 Å². The van der Waals surface area contributed by atoms with Gasteiger partial charge >= 0.3 is 23.9 Å². The lowest BCUT2D eigenvalue weighted by molar-refractivity contribution is -0.386. The zero-order valence-corrected chi connectivity index (χ0v) is 31.4. The van der Waals surface area contributed by atoms with Crippen LogP contribution in [0, 0.1) is 0 Å². The molecule has 3 aromatic heterocycles. The molecule has 304 valence electrons. The monoisotopic (exact) mass is 832 g/mol. The Labute approximate surface area is 341 Å². The number of aromatic nitrogens is 4. The summed E-state index contributed by atoms with van der Waals surface area (Å²) in [6, 6.07) is 40.5. The number of H-pyrrole nitrogens is 2. The second-order valence-corrected chi connectivity index (χ2v) is 14.4. The number of rotatable bonds is 7. The van der Waals surface area contributed by atoms with E-state index >= 15 is 17.6 Å². The predicted octanol–water partition coefficient (Wildman–Crippen LogP) is 14.2. The van der Waals surface area contributed by atoms with Crippen LogP contribution in [0.2, 0.25) is 0 Å². The average Bonchev–Trinajstić information content (AvgIpc) is 4.09. The molecule has 13 heteroatoms. The van der Waals surface area contributed by atoms with Crippen LogP contribution in [0.15, 0.2) is 146 Å². The molecular formula is C48H29F9N4. The number of allylic oxidation sites excluding steroid dienone is 1. The summed E-state index contributed by atoms with van der Waals surface area (Å²) in [7, 11) is 0. The maximum atomic E-state index is 16.7. The summed E-state index contributed by atoms with van der Waals surface area (Å²) in [4.78, 5) is 16.2. The molecule has 4 nitrogen and oxygen atoms in total. The van der Waals surface area contributed by atoms with Gasteiger partial charge in [-0.2, -0.15) is 39.5 Å². The van der Waals surface area contributed by atoms with E-state index in [-0.39, 0.29) is 27.7 Å². The molecule has 0 unspecified atom stereocenters. The summed E-state index contributed by atoms with van der Waals surface area (Å²) in [6.45, 7) is 0. The van der Waals surface area contributed by atoms with Gasteiger partial charge in [-0.25, -0.2) is 9.97 Å². The quantitative estimate of drug-likeness (QED) is 0.157. The number of hydrogen-bond acceptors (Lipinski definition) is 2. The Morgan fingerprint density at radius 3 is 1.08 bits per heavy atom. The molecule has 2 N–H and O–H groups in total. The molecule has 4 aromatic carbocycles. The Hall–Kier alpha value is -7.15. The normalized spacial score (nSPS) is 13.4. The average molecular weight is 833 g/mol. The molecule has 0 aliphatic carbocycles. The number of alkyl halides is 9. The highest BCUT2D eigenvalue weighted by molar-refractivity contribution is 6.03. The van der Waals surface area contributed by atoms with Gasteiger partial charge in [0, 0.05) is 44.3 Å². The molecule has 9 rings (SSSR count). The fourth-order valence-electron chi connectivity index (χ4n) is 7.70. The van der Waals surface area contributed by atoms with Crippen LogP contribution >= 0.6 is 0 Å². The second kappa shape index (κ2) is 14.5. The number of nitrogens with zero attached hydrogens (tertiary/aromatic N) is 2. The Balaban J connectivity index is 1.51. The van der Waals surface area contributed by atoms with Crippen LogP contribution in [0.25, 0.3) is 90.4 Å². The molecule has 0 fully saturated rings. The van der Waals surface area contributed by atoms with E-state index in [1.807, 2.05) is 60.7 Å². The largest absolute Gasteiger partial charge is 0.460 e. The Kier molecular flexibility index (Phi) is 9.37. The first-order chi connectivity index (χ1) is 29.2. The van der Waals surface area contributed by atoms with Crippen molar-refractivity contribution in [2.45, 2.75) is 23.9 Å². The summed E-state index contributed by atoms with van der Waals surface area (Å²) < 4.78 is 135. The van der Waals surface area contributed by atoms with Gasteiger partial charge in [-0.3, -0.25) is 0 Å². The molecule has 0 atom stereocenters. The van der Waals surface area contributed by atoms with Gasteiger partial charge in [0.25, 0.3) is 0 Å². The topological polar surface area (TPSA) is 57.4 Å². The Morgan fingerprint density at radius 1 is 0.361 bits per heavy atom. The Bertz CT molecular complexity index is 3020. The molecule has 61 heavy (non-hydrogen) atoms. The van der Waals surface area contributed by atoms with Crippen molar-refractivity contribution in [3.8, 4) is 44.5 Å². The second-order valence-electron chi connectivity index (χ2n) is 14.4. The smallest absolute Gasteiger partial charge is 0.354 e. The minimum Gasteiger partial charge on any atom is -0.354 e. The lowest BCUT2D eigenvalue weighted by Gasteiger charge is -2.34. The number of fused-ring (bicyclic) bond motifs is 8. The van der Waals surface area contributed by atoms with E-state index in [4.69, 9.17) is 4.98 Å². The number of aromatic amines is 2. The van der Waals surface area contributed by atoms with Crippen LogP contribution in [0.3, 0.4) is 0 Å². The molecule has 2 aliphatic rings. The fourth-order valence-corrected chi connectivity index (χ4v) is 7.70. The summed E-state index contributed by atoms with van der Waals surface area (Å²) in [6.07, 6.45) is -2.89. The zero-order chi connectivity index (χ0) is 42.7. The van der Waals surface area contributed by atoms with E-state index in [2.05, 4.69) is 15.0 Å². The van der Waals surface area contributed by atoms with Crippen LogP contribution in [-0.2, 0) is 0 Å². The first kappa shape index (κ1) is 39.3. The highest BCUT2D eigenvalue weighted by atomic mass is 19.4. The van der Waals surface area contributed by atoms with Crippen molar-refractivity contribution < 1.29 is 39.5 Å². The van der Waals surface area contributed by atoms with E-state index in [9.17, 15) is 22.0 Å². The van der Waals surface area contributed by atoms with Crippen LogP contribution in [0.5, 0.6) is 0 Å². The third-order valence-corrected chi connectivity index (χ3v) is 10.6. The van der Waals surface area contributed by atoms with Crippen molar-refractivity contribution >= 4 is 45.9 Å². The van der Waals surface area contributed by atoms with E-state index in [0.29, 0.717) is 50.8 Å². The lowest BCUT2D eigenvalue weighted by atomic mass is 9.90. The third kappa shape index (κ3) is 6.51. The van der Waals surface area contributed by atoms with Gasteiger partial charge in [0.15, 0.2) is 0 Å². The van der Waals surface area contributed by atoms with E-state index in [0.717, 1.165) is 5.56 Å². The summed E-state index contributed by atoms with van der Waals surface area (Å²) in [5.41, 5.74) is 1.86. The SMILES string of the molecule is FC(F)(F)C(F)(F)C(F)(F)C(F)(F)C1=Cc2nc1c(-c1ccccc1)c1ccc([nH]1)c(-c1ccccc1)c1nc(c(-c3ccccc3)c3ccc([nH]3)c2-c2ccccc2)C=C1. The molecule has 0 radical (unpaired) electrons. The van der Waals surface area contributed by atoms with Crippen molar-refractivity contribution in [1.82, 2.24) is 19.9 Å². The minimum absolute atomic E-state index is 0.0149. The van der Waals surface area contributed by atoms with Gasteiger partial charge in [0.1, 0.15) is 0 Å². The van der Waals surface area contributed by atoms with Crippen molar-refractivity contribution in [2.75, 3.05) is 0 Å². The summed E-state index contributed by atoms with van der Waals surface area (Å²) >= 11 is 0. The molecule has 2 aliphatic heterocycles. The molecule has 0 spiro atoms. The van der Waals surface area contributed by atoms with Gasteiger partial charge in [-0.1, -0.05) is 121 Å². The van der Waals surface area contributed by atoms with Gasteiger partial charge in [0.05, 0.1) is 28.3 Å². The van der Waals surface area contributed by atoms with Crippen molar-refractivity contribution in [3.05, 3.63) is 168 Å². The lowest BCUT2D eigenvalue weighted by Crippen LogP contribution is -2.61. The van der Waals surface area contributed by atoms with Crippen molar-refractivity contribution in [2.24, 2.45) is 0 Å². The van der Waals surface area contributed by atoms with Crippen LogP contribution in [0.1, 0.15) is 22.8 Å². The van der Waals surface area contributed by atoms with Gasteiger partial charge < -0.3 is 9.97 Å². The number of halogens is 9. The van der Waals surface area contributed by atoms with E-state index in [1.165, 1.54) is 30.3 Å². The molecule has 0 saturated carbocycles. The highest BCUT2D eigenvalue weighted by Gasteiger charge is 2.82. The highest BCUT2D eigenvalue weighted by Crippen LogP contribution is 2.58. The molecule has 0 amide bonds. The maximum absolute atomic E-state index is 16.7. The zero-order valence-electron chi connectivity index (χ0n) is 31.4. The standard InChI is InChI=1S/C48H29F9N4/c49-45(50,46(51,52)47(53,54)48(55,56)57)32-27-39-42(30-17-9-3-10-18-30)37-24-23-35(59-37)40(28-13-5-1-6-14-28)33-21-22-34(58-33)41(29-15-7-2-8-16-29)36-25-26-38(60-36)43(44(32)61-39)31-19-11-4-12-20-31/h1-27,59-60H. The van der Waals surface area contributed by atoms with Gasteiger partial charge in [-0.15, -0.1) is 0 Å². The number of nitrogens with one attached hydrogen (secondary N) is 2. The van der Waals surface area contributed by atoms with Crippen molar-refractivity contribution in [1.29, 1.82) is 0 Å². The van der Waals surface area contributed by atoms with Crippen LogP contribution in [-0.4, -0.2) is 43.9 Å². The maximum Gasteiger partial charge on any atom is 0.460 e. The number of hydrogen-bond donors (Lipinski definition) is 2. The van der Waals surface area contributed by atoms with E-state index < -0.39 is 40.9 Å². The molecule has 8 bridgehead atoms. The molecular weight excluding hydrogens is 804 g/mol. The Morgan fingerprint density at radius 2 is 0.705 bits per heavy atom. The van der Waals surface area contributed by atoms with Crippen LogP contribution < -0.4 is 0 Å². The van der Waals surface area contributed by atoms with E-state index in [1.54, 1.807) is 66.7 Å². The number of benzene rings is 4.